The number of hydrogen-bond donors (Lipinski definition) is 1. The van der Waals surface area contributed by atoms with E-state index in [1.54, 1.807) is 0 Å². The largest absolute Gasteiger partial charge is 0.468 e. The van der Waals surface area contributed by atoms with Gasteiger partial charge in [-0.25, -0.2) is 0 Å². The van der Waals surface area contributed by atoms with Gasteiger partial charge in [0.2, 0.25) is 0 Å². The lowest BCUT2D eigenvalue weighted by Gasteiger charge is -2.47. The number of nitrogens with one attached hydrogen (secondary N) is 1. The Labute approximate surface area is 104 Å². The van der Waals surface area contributed by atoms with E-state index in [0.717, 1.165) is 19.3 Å². The molecule has 0 amide bonds. The molecule has 2 rings (SSSR count). The summed E-state index contributed by atoms with van der Waals surface area (Å²) in [5, 5.41) is 3.57. The van der Waals surface area contributed by atoms with Gasteiger partial charge in [0.05, 0.1) is 7.11 Å². The predicted octanol–water partition coefficient (Wildman–Crippen LogP) is 2.50. The van der Waals surface area contributed by atoms with Gasteiger partial charge in [0.15, 0.2) is 0 Å². The molecule has 17 heavy (non-hydrogen) atoms. The molecule has 0 spiro atoms. The van der Waals surface area contributed by atoms with E-state index in [0.29, 0.717) is 17.4 Å². The molecule has 2 fully saturated rings. The molecule has 0 aromatic rings. The normalized spacial score (nSPS) is 36.6. The zero-order chi connectivity index (χ0) is 12.7. The first kappa shape index (κ1) is 12.9. The summed E-state index contributed by atoms with van der Waals surface area (Å²) in [6.45, 7) is 6.77. The van der Waals surface area contributed by atoms with Crippen molar-refractivity contribution in [1.82, 2.24) is 5.32 Å². The van der Waals surface area contributed by atoms with Crippen LogP contribution in [0.1, 0.15) is 52.9 Å². The van der Waals surface area contributed by atoms with Gasteiger partial charge < -0.3 is 4.74 Å². The lowest BCUT2D eigenvalue weighted by atomic mass is 9.63. The van der Waals surface area contributed by atoms with E-state index in [1.165, 1.54) is 20.0 Å². The Morgan fingerprint density at radius 2 is 1.94 bits per heavy atom. The standard InChI is InChI=1S/C14H25NO2/c1-10-9-13(2,3)7-8-14(10,12(16)17-4)15-11-5-6-11/h10-11,15H,5-9H2,1-4H3. The van der Waals surface area contributed by atoms with Crippen LogP contribution in [0.2, 0.25) is 0 Å². The lowest BCUT2D eigenvalue weighted by molar-refractivity contribution is -0.154. The zero-order valence-electron chi connectivity index (χ0n) is 11.5. The summed E-state index contributed by atoms with van der Waals surface area (Å²) >= 11 is 0. The maximum absolute atomic E-state index is 12.2. The van der Waals surface area contributed by atoms with Gasteiger partial charge in [-0.2, -0.15) is 0 Å². The van der Waals surface area contributed by atoms with E-state index in [4.69, 9.17) is 4.74 Å². The van der Waals surface area contributed by atoms with Crippen LogP contribution in [0.5, 0.6) is 0 Å². The quantitative estimate of drug-likeness (QED) is 0.769. The van der Waals surface area contributed by atoms with Gasteiger partial charge in [0.1, 0.15) is 5.54 Å². The van der Waals surface area contributed by atoms with Gasteiger partial charge in [0.25, 0.3) is 0 Å². The molecule has 1 N–H and O–H groups in total. The van der Waals surface area contributed by atoms with Crippen molar-refractivity contribution in [1.29, 1.82) is 0 Å². The highest BCUT2D eigenvalue weighted by atomic mass is 16.5. The van der Waals surface area contributed by atoms with Crippen molar-refractivity contribution < 1.29 is 9.53 Å². The van der Waals surface area contributed by atoms with Gasteiger partial charge in [0, 0.05) is 6.04 Å². The molecule has 3 nitrogen and oxygen atoms in total. The molecule has 0 aromatic carbocycles. The maximum atomic E-state index is 12.2. The first-order valence-corrected chi connectivity index (χ1v) is 6.76. The molecule has 0 aromatic heterocycles. The van der Waals surface area contributed by atoms with Gasteiger partial charge >= 0.3 is 5.97 Å². The third-order valence-electron chi connectivity index (χ3n) is 4.48. The van der Waals surface area contributed by atoms with Gasteiger partial charge in [-0.05, 0) is 43.4 Å². The van der Waals surface area contributed by atoms with E-state index in [-0.39, 0.29) is 5.97 Å². The van der Waals surface area contributed by atoms with Crippen molar-refractivity contribution in [3.05, 3.63) is 0 Å². The van der Waals surface area contributed by atoms with Crippen LogP contribution < -0.4 is 5.32 Å². The van der Waals surface area contributed by atoms with E-state index in [1.807, 2.05) is 0 Å². The molecule has 98 valence electrons. The Kier molecular flexibility index (Phi) is 3.23. The minimum absolute atomic E-state index is 0.0626. The highest BCUT2D eigenvalue weighted by molar-refractivity contribution is 5.81. The van der Waals surface area contributed by atoms with Crippen LogP contribution in [0.15, 0.2) is 0 Å². The minimum Gasteiger partial charge on any atom is -0.468 e. The smallest absolute Gasteiger partial charge is 0.326 e. The van der Waals surface area contributed by atoms with Crippen LogP contribution in [-0.2, 0) is 9.53 Å². The van der Waals surface area contributed by atoms with Gasteiger partial charge in [-0.1, -0.05) is 20.8 Å². The fourth-order valence-corrected chi connectivity index (χ4v) is 3.24. The minimum atomic E-state index is -0.425. The van der Waals surface area contributed by atoms with Crippen molar-refractivity contribution in [2.24, 2.45) is 11.3 Å². The second-order valence-electron chi connectivity index (χ2n) is 6.65. The Morgan fingerprint density at radius 3 is 2.41 bits per heavy atom. The Hall–Kier alpha value is -0.570. The average molecular weight is 239 g/mol. The summed E-state index contributed by atoms with van der Waals surface area (Å²) in [5.74, 6) is 0.284. The van der Waals surface area contributed by atoms with Gasteiger partial charge in [-0.15, -0.1) is 0 Å². The number of rotatable bonds is 3. The Balaban J connectivity index is 2.17. The number of ether oxygens (including phenoxy) is 1. The molecule has 3 heteroatoms. The molecule has 2 aliphatic carbocycles. The van der Waals surface area contributed by atoms with Crippen molar-refractivity contribution in [3.63, 3.8) is 0 Å². The number of carbonyl (C=O) groups is 1. The number of esters is 1. The second kappa shape index (κ2) is 4.27. The molecule has 0 radical (unpaired) electrons. The molecule has 0 saturated heterocycles. The molecule has 0 heterocycles. The van der Waals surface area contributed by atoms with Crippen LogP contribution in [-0.4, -0.2) is 24.7 Å². The highest BCUT2D eigenvalue weighted by Crippen LogP contribution is 2.45. The average Bonchev–Trinajstić information content (AvgIpc) is 3.04. The van der Waals surface area contributed by atoms with E-state index >= 15 is 0 Å². The Morgan fingerprint density at radius 1 is 1.29 bits per heavy atom. The van der Waals surface area contributed by atoms with Crippen molar-refractivity contribution in [2.75, 3.05) is 7.11 Å². The zero-order valence-corrected chi connectivity index (χ0v) is 11.5. The third kappa shape index (κ3) is 2.49. The van der Waals surface area contributed by atoms with Crippen LogP contribution >= 0.6 is 0 Å². The number of methoxy groups -OCH3 is 1. The molecular weight excluding hydrogens is 214 g/mol. The first-order chi connectivity index (χ1) is 7.89. The molecule has 2 aliphatic rings. The van der Waals surface area contributed by atoms with Crippen molar-refractivity contribution in [3.8, 4) is 0 Å². The fourth-order valence-electron chi connectivity index (χ4n) is 3.24. The first-order valence-electron chi connectivity index (χ1n) is 6.76. The van der Waals surface area contributed by atoms with E-state index in [9.17, 15) is 4.79 Å². The van der Waals surface area contributed by atoms with E-state index in [2.05, 4.69) is 26.1 Å². The molecule has 2 unspecified atom stereocenters. The number of carbonyl (C=O) groups excluding carboxylic acids is 1. The van der Waals surface area contributed by atoms with E-state index < -0.39 is 5.54 Å². The highest BCUT2D eigenvalue weighted by Gasteiger charge is 2.51. The van der Waals surface area contributed by atoms with Crippen LogP contribution in [0, 0.1) is 11.3 Å². The number of hydrogen-bond acceptors (Lipinski definition) is 3. The second-order valence-corrected chi connectivity index (χ2v) is 6.65. The van der Waals surface area contributed by atoms with Crippen LogP contribution in [0.3, 0.4) is 0 Å². The molecule has 2 saturated carbocycles. The van der Waals surface area contributed by atoms with Crippen molar-refractivity contribution >= 4 is 5.97 Å². The summed E-state index contributed by atoms with van der Waals surface area (Å²) in [6.07, 6.45) is 5.49. The molecule has 2 atom stereocenters. The van der Waals surface area contributed by atoms with Crippen LogP contribution in [0.25, 0.3) is 0 Å². The summed E-state index contributed by atoms with van der Waals surface area (Å²) in [5.41, 5.74) is -0.0758. The maximum Gasteiger partial charge on any atom is 0.326 e. The molecule has 0 aliphatic heterocycles. The monoisotopic (exact) mass is 239 g/mol. The van der Waals surface area contributed by atoms with Crippen molar-refractivity contribution in [2.45, 2.75) is 64.5 Å². The Bertz CT molecular complexity index is 309. The topological polar surface area (TPSA) is 38.3 Å². The predicted molar refractivity (Wildman–Crippen MR) is 67.7 cm³/mol. The summed E-state index contributed by atoms with van der Waals surface area (Å²) < 4.78 is 5.06. The fraction of sp³-hybridized carbons (Fsp3) is 0.929. The van der Waals surface area contributed by atoms with Crippen LogP contribution in [0.4, 0.5) is 0 Å². The summed E-state index contributed by atoms with van der Waals surface area (Å²) in [4.78, 5) is 12.2. The SMILES string of the molecule is COC(=O)C1(NC2CC2)CCC(C)(C)CC1C. The third-order valence-corrected chi connectivity index (χ3v) is 4.48. The lowest BCUT2D eigenvalue weighted by Crippen LogP contribution is -2.61. The van der Waals surface area contributed by atoms with Gasteiger partial charge in [-0.3, -0.25) is 10.1 Å². The summed E-state index contributed by atoms with van der Waals surface area (Å²) in [7, 11) is 1.51. The molecular formula is C14H25NO2. The molecule has 0 bridgehead atoms. The summed E-state index contributed by atoms with van der Waals surface area (Å²) in [6, 6.07) is 0.540.